The third kappa shape index (κ3) is 5.88. The highest BCUT2D eigenvalue weighted by molar-refractivity contribution is 5.91. The summed E-state index contributed by atoms with van der Waals surface area (Å²) in [5.41, 5.74) is 0.262. The SMILES string of the molecule is CC(C)(CCC(=O)O)NC(=O)CNC(=O)Cc1cccc2ccccc12. The molecule has 0 heterocycles. The van der Waals surface area contributed by atoms with Crippen molar-refractivity contribution in [2.45, 2.75) is 38.6 Å². The molecule has 6 nitrogen and oxygen atoms in total. The highest BCUT2D eigenvalue weighted by atomic mass is 16.4. The van der Waals surface area contributed by atoms with E-state index in [-0.39, 0.29) is 31.2 Å². The van der Waals surface area contributed by atoms with Gasteiger partial charge < -0.3 is 15.7 Å². The van der Waals surface area contributed by atoms with Gasteiger partial charge in [0.2, 0.25) is 11.8 Å². The maximum absolute atomic E-state index is 12.2. The third-order valence-electron chi connectivity index (χ3n) is 4.12. The summed E-state index contributed by atoms with van der Waals surface area (Å²) in [4.78, 5) is 34.8. The zero-order valence-corrected chi connectivity index (χ0v) is 15.0. The first-order chi connectivity index (χ1) is 12.3. The van der Waals surface area contributed by atoms with E-state index in [0.717, 1.165) is 16.3 Å². The van der Waals surface area contributed by atoms with E-state index >= 15 is 0 Å². The molecule has 2 amide bonds. The van der Waals surface area contributed by atoms with Gasteiger partial charge in [0.1, 0.15) is 0 Å². The molecule has 2 rings (SSSR count). The van der Waals surface area contributed by atoms with Crippen LogP contribution in [0.1, 0.15) is 32.3 Å². The minimum absolute atomic E-state index is 0.0271. The molecule has 0 aliphatic heterocycles. The Morgan fingerprint density at radius 3 is 2.42 bits per heavy atom. The molecule has 26 heavy (non-hydrogen) atoms. The highest BCUT2D eigenvalue weighted by Gasteiger charge is 2.21. The Morgan fingerprint density at radius 2 is 1.69 bits per heavy atom. The summed E-state index contributed by atoms with van der Waals surface area (Å²) in [6, 6.07) is 13.6. The number of aliphatic carboxylic acids is 1. The van der Waals surface area contributed by atoms with E-state index in [9.17, 15) is 14.4 Å². The van der Waals surface area contributed by atoms with Crippen molar-refractivity contribution in [1.29, 1.82) is 0 Å². The molecular weight excluding hydrogens is 332 g/mol. The predicted molar refractivity (Wildman–Crippen MR) is 99.8 cm³/mol. The van der Waals surface area contributed by atoms with Crippen LogP contribution in [0, 0.1) is 0 Å². The van der Waals surface area contributed by atoms with Crippen molar-refractivity contribution in [2.24, 2.45) is 0 Å². The first-order valence-electron chi connectivity index (χ1n) is 8.53. The van der Waals surface area contributed by atoms with Gasteiger partial charge in [-0.1, -0.05) is 42.5 Å². The fourth-order valence-corrected chi connectivity index (χ4v) is 2.76. The second kappa shape index (κ2) is 8.47. The van der Waals surface area contributed by atoms with Crippen LogP contribution >= 0.6 is 0 Å². The molecule has 6 heteroatoms. The Kier molecular flexibility index (Phi) is 6.33. The van der Waals surface area contributed by atoms with Crippen LogP contribution in [-0.2, 0) is 20.8 Å². The van der Waals surface area contributed by atoms with E-state index in [1.54, 1.807) is 13.8 Å². The molecule has 0 saturated carbocycles. The Bertz CT molecular complexity index is 809. The molecule has 0 aromatic heterocycles. The second-order valence-electron chi connectivity index (χ2n) is 6.92. The lowest BCUT2D eigenvalue weighted by Gasteiger charge is -2.25. The predicted octanol–water partition coefficient (Wildman–Crippen LogP) is 2.26. The molecule has 0 aliphatic rings. The van der Waals surface area contributed by atoms with Gasteiger partial charge in [0, 0.05) is 12.0 Å². The molecule has 0 atom stereocenters. The summed E-state index contributed by atoms with van der Waals surface area (Å²) in [6.45, 7) is 3.37. The number of nitrogens with one attached hydrogen (secondary N) is 2. The van der Waals surface area contributed by atoms with Gasteiger partial charge in [-0.25, -0.2) is 0 Å². The summed E-state index contributed by atoms with van der Waals surface area (Å²) in [5, 5.41) is 16.2. The number of carboxylic acid groups (broad SMARTS) is 1. The number of fused-ring (bicyclic) bond motifs is 1. The molecular formula is C20H24N2O4. The summed E-state index contributed by atoms with van der Waals surface area (Å²) >= 11 is 0. The number of rotatable bonds is 8. The monoisotopic (exact) mass is 356 g/mol. The second-order valence-corrected chi connectivity index (χ2v) is 6.92. The Hall–Kier alpha value is -2.89. The van der Waals surface area contributed by atoms with E-state index in [4.69, 9.17) is 5.11 Å². The van der Waals surface area contributed by atoms with E-state index in [2.05, 4.69) is 10.6 Å². The van der Waals surface area contributed by atoms with Gasteiger partial charge in [0.15, 0.2) is 0 Å². The fourth-order valence-electron chi connectivity index (χ4n) is 2.76. The Balaban J connectivity index is 1.86. The first-order valence-corrected chi connectivity index (χ1v) is 8.53. The van der Waals surface area contributed by atoms with Crippen molar-refractivity contribution in [2.75, 3.05) is 6.54 Å². The van der Waals surface area contributed by atoms with E-state index in [1.165, 1.54) is 0 Å². The summed E-state index contributed by atoms with van der Waals surface area (Å²) in [7, 11) is 0. The molecule has 0 bridgehead atoms. The molecule has 2 aromatic rings. The van der Waals surface area contributed by atoms with Gasteiger partial charge >= 0.3 is 5.97 Å². The van der Waals surface area contributed by atoms with Crippen LogP contribution in [-0.4, -0.2) is 35.0 Å². The van der Waals surface area contributed by atoms with Crippen molar-refractivity contribution in [1.82, 2.24) is 10.6 Å². The van der Waals surface area contributed by atoms with Crippen LogP contribution in [0.3, 0.4) is 0 Å². The van der Waals surface area contributed by atoms with Crippen molar-refractivity contribution in [3.63, 3.8) is 0 Å². The molecule has 0 unspecified atom stereocenters. The number of carboxylic acids is 1. The van der Waals surface area contributed by atoms with Crippen LogP contribution < -0.4 is 10.6 Å². The molecule has 0 fully saturated rings. The van der Waals surface area contributed by atoms with Crippen LogP contribution in [0.15, 0.2) is 42.5 Å². The zero-order valence-electron chi connectivity index (χ0n) is 15.0. The largest absolute Gasteiger partial charge is 0.481 e. The molecule has 0 aliphatic carbocycles. The van der Waals surface area contributed by atoms with E-state index in [1.807, 2.05) is 42.5 Å². The molecule has 3 N–H and O–H groups in total. The smallest absolute Gasteiger partial charge is 0.303 e. The zero-order chi connectivity index (χ0) is 19.2. The summed E-state index contributed by atoms with van der Waals surface area (Å²) < 4.78 is 0. The van der Waals surface area contributed by atoms with Crippen LogP contribution in [0.5, 0.6) is 0 Å². The van der Waals surface area contributed by atoms with Crippen LogP contribution in [0.2, 0.25) is 0 Å². The van der Waals surface area contributed by atoms with Crippen LogP contribution in [0.25, 0.3) is 10.8 Å². The highest BCUT2D eigenvalue weighted by Crippen LogP contribution is 2.18. The van der Waals surface area contributed by atoms with E-state index in [0.29, 0.717) is 6.42 Å². The minimum atomic E-state index is -0.907. The van der Waals surface area contributed by atoms with Gasteiger partial charge in [-0.2, -0.15) is 0 Å². The van der Waals surface area contributed by atoms with Crippen molar-refractivity contribution < 1.29 is 19.5 Å². The maximum atomic E-state index is 12.2. The Morgan fingerprint density at radius 1 is 1.00 bits per heavy atom. The molecule has 0 saturated heterocycles. The number of hydrogen-bond donors (Lipinski definition) is 3. The van der Waals surface area contributed by atoms with E-state index < -0.39 is 11.5 Å². The number of carbonyl (C=O) groups excluding carboxylic acids is 2. The average molecular weight is 356 g/mol. The Labute approximate surface area is 152 Å². The van der Waals surface area contributed by atoms with Gasteiger partial charge in [0.05, 0.1) is 13.0 Å². The molecule has 138 valence electrons. The molecule has 2 aromatic carbocycles. The quantitative estimate of drug-likeness (QED) is 0.676. The minimum Gasteiger partial charge on any atom is -0.481 e. The van der Waals surface area contributed by atoms with Gasteiger partial charge in [0.25, 0.3) is 0 Å². The number of hydrogen-bond acceptors (Lipinski definition) is 3. The van der Waals surface area contributed by atoms with Gasteiger partial charge in [-0.05, 0) is 36.6 Å². The van der Waals surface area contributed by atoms with Gasteiger partial charge in [-0.15, -0.1) is 0 Å². The van der Waals surface area contributed by atoms with Crippen molar-refractivity contribution >= 4 is 28.6 Å². The molecule has 0 spiro atoms. The normalized spacial score (nSPS) is 11.2. The topological polar surface area (TPSA) is 95.5 Å². The molecule has 0 radical (unpaired) electrons. The number of benzene rings is 2. The van der Waals surface area contributed by atoms with Gasteiger partial charge in [-0.3, -0.25) is 14.4 Å². The summed E-state index contributed by atoms with van der Waals surface area (Å²) in [6.07, 6.45) is 0.482. The van der Waals surface area contributed by atoms with Crippen LogP contribution in [0.4, 0.5) is 0 Å². The fraction of sp³-hybridized carbons (Fsp3) is 0.350. The lowest BCUT2D eigenvalue weighted by molar-refractivity contribution is -0.137. The standard InChI is InChI=1S/C20H24N2O4/c1-20(2,11-10-19(25)26)22-18(24)13-21-17(23)12-15-8-5-7-14-6-3-4-9-16(14)15/h3-9H,10-13H2,1-2H3,(H,21,23)(H,22,24)(H,25,26). The average Bonchev–Trinajstić information content (AvgIpc) is 2.58. The summed E-state index contributed by atoms with van der Waals surface area (Å²) in [5.74, 6) is -1.48. The lowest BCUT2D eigenvalue weighted by atomic mass is 9.98. The third-order valence-corrected chi connectivity index (χ3v) is 4.12. The van der Waals surface area contributed by atoms with Crippen molar-refractivity contribution in [3.8, 4) is 0 Å². The number of amides is 2. The number of carbonyl (C=O) groups is 3. The lowest BCUT2D eigenvalue weighted by Crippen LogP contribution is -2.48. The first kappa shape index (κ1) is 19.4. The van der Waals surface area contributed by atoms with Crippen molar-refractivity contribution in [3.05, 3.63) is 48.0 Å². The maximum Gasteiger partial charge on any atom is 0.303 e.